The van der Waals surface area contributed by atoms with Gasteiger partial charge in [0.25, 0.3) is 5.91 Å². The third-order valence-electron chi connectivity index (χ3n) is 2.07. The summed E-state index contributed by atoms with van der Waals surface area (Å²) in [6.07, 6.45) is 1.10. The lowest BCUT2D eigenvalue weighted by molar-refractivity contribution is 0.0962. The number of carbonyl (C=O) groups is 1. The van der Waals surface area contributed by atoms with Crippen LogP contribution in [-0.4, -0.2) is 13.0 Å². The maximum atomic E-state index is 13.6. The molecule has 1 aromatic carbocycles. The number of rotatable bonds is 3. The van der Waals surface area contributed by atoms with Crippen molar-refractivity contribution in [3.05, 3.63) is 41.4 Å². The summed E-state index contributed by atoms with van der Waals surface area (Å²) < 4.78 is 13.6. The Morgan fingerprint density at radius 3 is 2.56 bits per heavy atom. The van der Waals surface area contributed by atoms with Gasteiger partial charge in [-0.15, -0.1) is 0 Å². The van der Waals surface area contributed by atoms with E-state index in [0.717, 1.165) is 12.3 Å². The molecular weight excluding hydrogens is 235 g/mol. The first-order valence-electron chi connectivity index (χ1n) is 4.91. The number of benzene rings is 1. The second-order valence-corrected chi connectivity index (χ2v) is 3.20. The number of hydrogen-bond donors (Lipinski definition) is 2. The summed E-state index contributed by atoms with van der Waals surface area (Å²) in [5.74, 6) is -1.05. The first kappa shape index (κ1) is 13.2. The Morgan fingerprint density at radius 2 is 2.06 bits per heavy atom. The molecule has 1 amide bonds. The zero-order valence-corrected chi connectivity index (χ0v) is 9.49. The predicted molar refractivity (Wildman–Crippen MR) is 62.7 cm³/mol. The van der Waals surface area contributed by atoms with Gasteiger partial charge in [-0.05, 0) is 18.2 Å². The lowest BCUT2D eigenvalue weighted by Gasteiger charge is -2.05. The van der Waals surface area contributed by atoms with E-state index in [-0.39, 0.29) is 16.8 Å². The van der Waals surface area contributed by atoms with Crippen LogP contribution in [0.2, 0.25) is 0 Å². The monoisotopic (exact) mass is 244 g/mol. The highest BCUT2D eigenvalue weighted by Crippen LogP contribution is 2.16. The highest BCUT2D eigenvalue weighted by molar-refractivity contribution is 5.94. The summed E-state index contributed by atoms with van der Waals surface area (Å²) in [7, 11) is 1.45. The minimum Gasteiger partial charge on any atom is -0.357 e. The fourth-order valence-corrected chi connectivity index (χ4v) is 1.16. The van der Waals surface area contributed by atoms with Gasteiger partial charge in [-0.2, -0.15) is 10.5 Å². The molecule has 0 aliphatic carbocycles. The minimum absolute atomic E-state index is 0.0747. The summed E-state index contributed by atoms with van der Waals surface area (Å²) in [5, 5.41) is 21.8. The number of halogens is 1. The molecule has 0 atom stereocenters. The van der Waals surface area contributed by atoms with Gasteiger partial charge in [0, 0.05) is 18.8 Å². The summed E-state index contributed by atoms with van der Waals surface area (Å²) >= 11 is 0. The van der Waals surface area contributed by atoms with Crippen LogP contribution in [0.3, 0.4) is 0 Å². The number of amides is 1. The first-order chi connectivity index (χ1) is 8.62. The van der Waals surface area contributed by atoms with Crippen LogP contribution < -0.4 is 10.6 Å². The molecule has 1 rings (SSSR count). The minimum atomic E-state index is -0.650. The van der Waals surface area contributed by atoms with Crippen molar-refractivity contribution in [2.75, 3.05) is 12.4 Å². The van der Waals surface area contributed by atoms with Crippen LogP contribution in [0.15, 0.2) is 30.0 Å². The molecule has 0 fully saturated rings. The molecule has 0 spiro atoms. The molecule has 0 radical (unpaired) electrons. The Kier molecular flexibility index (Phi) is 4.42. The van der Waals surface area contributed by atoms with Crippen LogP contribution in [0.1, 0.15) is 10.4 Å². The van der Waals surface area contributed by atoms with E-state index < -0.39 is 11.7 Å². The van der Waals surface area contributed by atoms with Crippen molar-refractivity contribution in [2.24, 2.45) is 0 Å². The zero-order chi connectivity index (χ0) is 13.5. The molecule has 6 heteroatoms. The molecule has 0 aromatic heterocycles. The molecule has 0 saturated carbocycles. The largest absolute Gasteiger partial charge is 0.357 e. The summed E-state index contributed by atoms with van der Waals surface area (Å²) in [4.78, 5) is 11.2. The van der Waals surface area contributed by atoms with Crippen LogP contribution in [0, 0.1) is 28.5 Å². The van der Waals surface area contributed by atoms with Gasteiger partial charge in [0.1, 0.15) is 23.5 Å². The van der Waals surface area contributed by atoms with Crippen molar-refractivity contribution in [2.45, 2.75) is 0 Å². The fraction of sp³-hybridized carbons (Fsp3) is 0.0833. The molecule has 0 heterocycles. The van der Waals surface area contributed by atoms with Crippen molar-refractivity contribution >= 4 is 11.6 Å². The van der Waals surface area contributed by atoms with Gasteiger partial charge >= 0.3 is 0 Å². The highest BCUT2D eigenvalue weighted by atomic mass is 19.1. The number of nitriles is 2. The van der Waals surface area contributed by atoms with Crippen molar-refractivity contribution in [3.8, 4) is 12.1 Å². The molecule has 90 valence electrons. The summed E-state index contributed by atoms with van der Waals surface area (Å²) in [5.41, 5.74) is 0.0840. The predicted octanol–water partition coefficient (Wildman–Crippen LogP) is 1.53. The lowest BCUT2D eigenvalue weighted by Crippen LogP contribution is -2.17. The number of allylic oxidation sites excluding steroid dienone is 1. The fourth-order valence-electron chi connectivity index (χ4n) is 1.16. The number of nitrogens with one attached hydrogen (secondary N) is 2. The summed E-state index contributed by atoms with van der Waals surface area (Å²) in [6.45, 7) is 0. The molecule has 0 saturated heterocycles. The molecular formula is C12H9FN4O. The van der Waals surface area contributed by atoms with Crippen LogP contribution in [0.5, 0.6) is 0 Å². The van der Waals surface area contributed by atoms with E-state index in [9.17, 15) is 9.18 Å². The van der Waals surface area contributed by atoms with E-state index in [2.05, 4.69) is 10.6 Å². The zero-order valence-electron chi connectivity index (χ0n) is 9.49. The second-order valence-electron chi connectivity index (χ2n) is 3.20. The molecule has 0 unspecified atom stereocenters. The molecule has 1 aromatic rings. The van der Waals surface area contributed by atoms with Crippen molar-refractivity contribution in [3.63, 3.8) is 0 Å². The van der Waals surface area contributed by atoms with Gasteiger partial charge in [0.15, 0.2) is 0 Å². The van der Waals surface area contributed by atoms with Gasteiger partial charge in [0.2, 0.25) is 0 Å². The van der Waals surface area contributed by atoms with Crippen molar-refractivity contribution < 1.29 is 9.18 Å². The average Bonchev–Trinajstić information content (AvgIpc) is 2.40. The Morgan fingerprint density at radius 1 is 1.39 bits per heavy atom. The quantitative estimate of drug-likeness (QED) is 0.789. The third kappa shape index (κ3) is 3.06. The average molecular weight is 244 g/mol. The Hall–Kier alpha value is -2.86. The Bertz CT molecular complexity index is 565. The van der Waals surface area contributed by atoms with E-state index in [4.69, 9.17) is 10.5 Å². The maximum absolute atomic E-state index is 13.6. The van der Waals surface area contributed by atoms with Crippen LogP contribution in [0.4, 0.5) is 10.1 Å². The van der Waals surface area contributed by atoms with E-state index in [1.165, 1.54) is 19.2 Å². The summed E-state index contributed by atoms with van der Waals surface area (Å²) in [6, 6.07) is 7.10. The van der Waals surface area contributed by atoms with Crippen molar-refractivity contribution in [1.82, 2.24) is 5.32 Å². The lowest BCUT2D eigenvalue weighted by atomic mass is 10.2. The van der Waals surface area contributed by atoms with E-state index in [1.54, 1.807) is 12.1 Å². The number of nitrogens with zero attached hydrogens (tertiary/aromatic N) is 2. The number of anilines is 1. The SMILES string of the molecule is CNC(=O)c1ccc(NC=C(C#N)C#N)c(F)c1. The third-order valence-corrected chi connectivity index (χ3v) is 2.07. The smallest absolute Gasteiger partial charge is 0.251 e. The van der Waals surface area contributed by atoms with Gasteiger partial charge in [-0.25, -0.2) is 4.39 Å². The second kappa shape index (κ2) is 6.02. The maximum Gasteiger partial charge on any atom is 0.251 e. The van der Waals surface area contributed by atoms with Crippen LogP contribution >= 0.6 is 0 Å². The molecule has 18 heavy (non-hydrogen) atoms. The van der Waals surface area contributed by atoms with Gasteiger partial charge < -0.3 is 10.6 Å². The first-order valence-corrected chi connectivity index (χ1v) is 4.91. The highest BCUT2D eigenvalue weighted by Gasteiger charge is 2.07. The molecule has 0 aliphatic rings. The number of carbonyl (C=O) groups excluding carboxylic acids is 1. The Balaban J connectivity index is 2.95. The topological polar surface area (TPSA) is 88.7 Å². The van der Waals surface area contributed by atoms with Gasteiger partial charge in [-0.3, -0.25) is 4.79 Å². The van der Waals surface area contributed by atoms with E-state index >= 15 is 0 Å². The standard InChI is InChI=1S/C12H9FN4O/c1-16-12(18)9-2-3-11(10(13)4-9)17-7-8(5-14)6-15/h2-4,7,17H,1H3,(H,16,18). The number of hydrogen-bond acceptors (Lipinski definition) is 4. The molecule has 2 N–H and O–H groups in total. The van der Waals surface area contributed by atoms with Crippen molar-refractivity contribution in [1.29, 1.82) is 10.5 Å². The van der Waals surface area contributed by atoms with E-state index in [0.29, 0.717) is 0 Å². The van der Waals surface area contributed by atoms with Gasteiger partial charge in [0.05, 0.1) is 5.69 Å². The van der Waals surface area contributed by atoms with Gasteiger partial charge in [-0.1, -0.05) is 0 Å². The molecule has 0 bridgehead atoms. The Labute approximate surface area is 103 Å². The van der Waals surface area contributed by atoms with Crippen LogP contribution in [-0.2, 0) is 0 Å². The normalized spacial score (nSPS) is 8.67. The van der Waals surface area contributed by atoms with Crippen LogP contribution in [0.25, 0.3) is 0 Å². The molecule has 5 nitrogen and oxygen atoms in total. The van der Waals surface area contributed by atoms with E-state index in [1.807, 2.05) is 0 Å². The molecule has 0 aliphatic heterocycles.